The van der Waals surface area contributed by atoms with Crippen LogP contribution in [-0.2, 0) is 4.79 Å². The Kier molecular flexibility index (Phi) is 3.80. The van der Waals surface area contributed by atoms with E-state index in [4.69, 9.17) is 15.2 Å². The molecule has 1 atom stereocenters. The molecule has 0 spiro atoms. The molecule has 0 aromatic heterocycles. The maximum atomic E-state index is 12.0. The third-order valence-electron chi connectivity index (χ3n) is 3.35. The van der Waals surface area contributed by atoms with E-state index in [1.807, 2.05) is 18.0 Å². The van der Waals surface area contributed by atoms with Gasteiger partial charge in [-0.3, -0.25) is 4.79 Å². The number of carbonyl (C=O) groups excluding carboxylic acids is 1. The van der Waals surface area contributed by atoms with Gasteiger partial charge in [-0.15, -0.1) is 0 Å². The number of nitrogens with one attached hydrogen (secondary N) is 1. The summed E-state index contributed by atoms with van der Waals surface area (Å²) in [6, 6.07) is 3.37. The second-order valence-corrected chi connectivity index (χ2v) is 4.42. The van der Waals surface area contributed by atoms with Crippen LogP contribution in [0.15, 0.2) is 12.1 Å². The van der Waals surface area contributed by atoms with Gasteiger partial charge < -0.3 is 25.4 Å². The predicted molar refractivity (Wildman–Crippen MR) is 74.0 cm³/mol. The van der Waals surface area contributed by atoms with Crippen molar-refractivity contribution in [1.82, 2.24) is 0 Å². The van der Waals surface area contributed by atoms with Crippen LogP contribution in [0, 0.1) is 0 Å². The first-order chi connectivity index (χ1) is 9.12. The van der Waals surface area contributed by atoms with E-state index in [1.54, 1.807) is 20.3 Å². The zero-order valence-corrected chi connectivity index (χ0v) is 11.4. The van der Waals surface area contributed by atoms with Gasteiger partial charge in [0.25, 0.3) is 0 Å². The van der Waals surface area contributed by atoms with E-state index in [1.165, 1.54) is 0 Å². The van der Waals surface area contributed by atoms with Crippen LogP contribution < -0.4 is 25.4 Å². The summed E-state index contributed by atoms with van der Waals surface area (Å²) in [5.41, 5.74) is 7.17. The molecule has 0 radical (unpaired) electrons. The largest absolute Gasteiger partial charge is 0.493 e. The number of fused-ring (bicyclic) bond motifs is 1. The molecule has 1 unspecified atom stereocenters. The second-order valence-electron chi connectivity index (χ2n) is 4.42. The van der Waals surface area contributed by atoms with Crippen LogP contribution >= 0.6 is 0 Å². The van der Waals surface area contributed by atoms with Gasteiger partial charge in [-0.05, 0) is 13.0 Å². The van der Waals surface area contributed by atoms with Crippen LogP contribution in [0.3, 0.4) is 0 Å². The molecule has 3 N–H and O–H groups in total. The van der Waals surface area contributed by atoms with Gasteiger partial charge >= 0.3 is 0 Å². The molecule has 1 aliphatic rings. The molecule has 1 amide bonds. The van der Waals surface area contributed by atoms with E-state index < -0.39 is 0 Å². The normalized spacial score (nSPS) is 17.8. The summed E-state index contributed by atoms with van der Waals surface area (Å²) in [5, 5.41) is 2.88. The van der Waals surface area contributed by atoms with Crippen molar-refractivity contribution < 1.29 is 14.3 Å². The number of hydrogen-bond acceptors (Lipinski definition) is 5. The number of rotatable bonds is 4. The van der Waals surface area contributed by atoms with Gasteiger partial charge in [0.1, 0.15) is 6.04 Å². The highest BCUT2D eigenvalue weighted by atomic mass is 16.5. The minimum atomic E-state index is -0.254. The Morgan fingerprint density at radius 2 is 1.95 bits per heavy atom. The van der Waals surface area contributed by atoms with Crippen LogP contribution in [0.4, 0.5) is 11.4 Å². The number of nitrogens with zero attached hydrogens (tertiary/aromatic N) is 1. The SMILES string of the molecule is COc1cc2c(cc1OC)N(C)C(CCN)C(=O)N2. The number of likely N-dealkylation sites (N-methyl/N-ethyl adjacent to an activating group) is 1. The van der Waals surface area contributed by atoms with E-state index in [2.05, 4.69) is 5.32 Å². The Hall–Kier alpha value is -1.95. The number of methoxy groups -OCH3 is 2. The van der Waals surface area contributed by atoms with Crippen LogP contribution in [-0.4, -0.2) is 39.8 Å². The first-order valence-electron chi connectivity index (χ1n) is 6.12. The monoisotopic (exact) mass is 265 g/mol. The van der Waals surface area contributed by atoms with Crippen molar-refractivity contribution in [3.8, 4) is 11.5 Å². The van der Waals surface area contributed by atoms with E-state index in [9.17, 15) is 4.79 Å². The smallest absolute Gasteiger partial charge is 0.247 e. The Balaban J connectivity index is 2.44. The van der Waals surface area contributed by atoms with Crippen LogP contribution in [0.2, 0.25) is 0 Å². The molecule has 0 aliphatic carbocycles. The molecule has 0 bridgehead atoms. The topological polar surface area (TPSA) is 76.8 Å². The highest BCUT2D eigenvalue weighted by Gasteiger charge is 2.31. The zero-order chi connectivity index (χ0) is 14.0. The molecule has 104 valence electrons. The summed E-state index contributed by atoms with van der Waals surface area (Å²) in [7, 11) is 5.03. The summed E-state index contributed by atoms with van der Waals surface area (Å²) in [4.78, 5) is 14.0. The van der Waals surface area contributed by atoms with Gasteiger partial charge in [0.2, 0.25) is 5.91 Å². The number of benzene rings is 1. The molecule has 2 rings (SSSR count). The lowest BCUT2D eigenvalue weighted by Gasteiger charge is -2.35. The Labute approximate surface area is 112 Å². The zero-order valence-electron chi connectivity index (χ0n) is 11.4. The maximum Gasteiger partial charge on any atom is 0.247 e. The van der Waals surface area contributed by atoms with Crippen molar-refractivity contribution in [2.24, 2.45) is 5.73 Å². The standard InChI is InChI=1S/C13H19N3O3/c1-16-9(4-5-14)13(17)15-8-6-11(18-2)12(19-3)7-10(8)16/h6-7,9H,4-5,14H2,1-3H3,(H,15,17). The van der Waals surface area contributed by atoms with Gasteiger partial charge in [-0.25, -0.2) is 0 Å². The number of nitrogens with two attached hydrogens (primary N) is 1. The summed E-state index contributed by atoms with van der Waals surface area (Å²) in [5.74, 6) is 1.18. The predicted octanol–water partition coefficient (Wildman–Crippen LogP) is 0.809. The highest BCUT2D eigenvalue weighted by Crippen LogP contribution is 2.40. The Morgan fingerprint density at radius 3 is 2.53 bits per heavy atom. The Bertz CT molecular complexity index is 490. The lowest BCUT2D eigenvalue weighted by atomic mass is 10.1. The van der Waals surface area contributed by atoms with Crippen molar-refractivity contribution >= 4 is 17.3 Å². The van der Waals surface area contributed by atoms with Gasteiger partial charge in [-0.2, -0.15) is 0 Å². The quantitative estimate of drug-likeness (QED) is 0.842. The van der Waals surface area contributed by atoms with E-state index in [-0.39, 0.29) is 11.9 Å². The third kappa shape index (κ3) is 2.31. The molecular weight excluding hydrogens is 246 g/mol. The molecule has 1 aliphatic heterocycles. The Morgan fingerprint density at radius 1 is 1.32 bits per heavy atom. The molecular formula is C13H19N3O3. The average molecular weight is 265 g/mol. The summed E-state index contributed by atoms with van der Waals surface area (Å²) in [6.45, 7) is 0.463. The molecule has 19 heavy (non-hydrogen) atoms. The fourth-order valence-electron chi connectivity index (χ4n) is 2.30. The van der Waals surface area contributed by atoms with Crippen LogP contribution in [0.1, 0.15) is 6.42 Å². The maximum absolute atomic E-state index is 12.0. The van der Waals surface area contributed by atoms with Crippen LogP contribution in [0.25, 0.3) is 0 Å². The molecule has 1 heterocycles. The summed E-state index contributed by atoms with van der Waals surface area (Å²) >= 11 is 0. The summed E-state index contributed by atoms with van der Waals surface area (Å²) in [6.07, 6.45) is 0.607. The first-order valence-corrected chi connectivity index (χ1v) is 6.12. The first kappa shape index (κ1) is 13.5. The van der Waals surface area contributed by atoms with E-state index in [0.717, 1.165) is 11.4 Å². The van der Waals surface area contributed by atoms with Crippen molar-refractivity contribution in [2.45, 2.75) is 12.5 Å². The lowest BCUT2D eigenvalue weighted by Crippen LogP contribution is -2.47. The van der Waals surface area contributed by atoms with Crippen molar-refractivity contribution in [3.63, 3.8) is 0 Å². The van der Waals surface area contributed by atoms with Crippen LogP contribution in [0.5, 0.6) is 11.5 Å². The van der Waals surface area contributed by atoms with Gasteiger partial charge in [-0.1, -0.05) is 0 Å². The number of carbonyl (C=O) groups is 1. The molecule has 6 nitrogen and oxygen atoms in total. The molecule has 6 heteroatoms. The van der Waals surface area contributed by atoms with Crippen molar-refractivity contribution in [2.75, 3.05) is 38.0 Å². The molecule has 0 fully saturated rings. The van der Waals surface area contributed by atoms with Crippen molar-refractivity contribution in [1.29, 1.82) is 0 Å². The minimum Gasteiger partial charge on any atom is -0.493 e. The third-order valence-corrected chi connectivity index (χ3v) is 3.35. The second kappa shape index (κ2) is 5.36. The number of amides is 1. The fourth-order valence-corrected chi connectivity index (χ4v) is 2.30. The number of anilines is 2. The molecule has 1 aromatic rings. The molecule has 0 saturated heterocycles. The number of hydrogen-bond donors (Lipinski definition) is 2. The lowest BCUT2D eigenvalue weighted by molar-refractivity contribution is -0.117. The fraction of sp³-hybridized carbons (Fsp3) is 0.462. The highest BCUT2D eigenvalue weighted by molar-refractivity contribution is 6.04. The van der Waals surface area contributed by atoms with E-state index >= 15 is 0 Å². The molecule has 0 saturated carbocycles. The van der Waals surface area contributed by atoms with Crippen molar-refractivity contribution in [3.05, 3.63) is 12.1 Å². The average Bonchev–Trinajstić information content (AvgIpc) is 2.42. The minimum absolute atomic E-state index is 0.0485. The van der Waals surface area contributed by atoms with Gasteiger partial charge in [0, 0.05) is 19.2 Å². The molecule has 1 aromatic carbocycles. The number of ether oxygens (including phenoxy) is 2. The van der Waals surface area contributed by atoms with E-state index in [0.29, 0.717) is 24.5 Å². The summed E-state index contributed by atoms with van der Waals surface area (Å²) < 4.78 is 10.5. The van der Waals surface area contributed by atoms with Gasteiger partial charge in [0.15, 0.2) is 11.5 Å². The van der Waals surface area contributed by atoms with Gasteiger partial charge in [0.05, 0.1) is 25.6 Å².